The van der Waals surface area contributed by atoms with Crippen molar-refractivity contribution >= 4 is 17.8 Å². The largest absolute Gasteiger partial charge is 0.477 e. The minimum Gasteiger partial charge on any atom is -0.477 e. The third-order valence-corrected chi connectivity index (χ3v) is 20.6. The number of rotatable bonds is 64. The Bertz CT molecular complexity index is 2130. The Morgan fingerprint density at radius 2 is 0.922 bits per heavy atom. The molecule has 18 unspecified atom stereocenters. The number of aliphatic hydroxyl groups is 11. The molecule has 3 saturated heterocycles. The van der Waals surface area contributed by atoms with E-state index in [2.05, 4.69) is 36.6 Å². The van der Waals surface area contributed by atoms with Gasteiger partial charge in [-0.1, -0.05) is 282 Å². The van der Waals surface area contributed by atoms with Crippen LogP contribution in [-0.4, -0.2) is 215 Å². The molecule has 598 valence electrons. The standard InChI is InChI=1S/C79H146N2O21/c1-4-6-8-10-12-14-16-18-20-22-24-26-28-29-31-33-35-37-39-41-43-45-47-49-51-53-66(89)81-60(61(86)52-50-48-46-44-42-40-38-36-34-32-30-27-25-23-21-19-17-15-13-11-9-7-5-2)58-97-76-71(93)70(92)73(65(57-84)99-76)100-77-72(94)75(69(91)64(56-83)98-77)102-79(78(95)96)54-62(87)67(80-59(3)85)74(101-79)68(90)63(88)55-82/h29,31,50,52,60-65,67-77,82-84,86-88,90-94H,4-28,30,32-49,51,53-58H2,1-3H3,(H,80,85)(H,81,89)(H,95,96)/b31-29-,52-50+. The summed E-state index contributed by atoms with van der Waals surface area (Å²) in [7, 11) is 0. The van der Waals surface area contributed by atoms with E-state index in [4.69, 9.17) is 28.4 Å². The van der Waals surface area contributed by atoms with Gasteiger partial charge in [0.15, 0.2) is 12.6 Å². The van der Waals surface area contributed by atoms with Crippen molar-refractivity contribution in [2.75, 3.05) is 26.4 Å². The van der Waals surface area contributed by atoms with Crippen molar-refractivity contribution in [1.29, 1.82) is 0 Å². The molecule has 2 amide bonds. The van der Waals surface area contributed by atoms with Crippen LogP contribution in [0.25, 0.3) is 0 Å². The topological polar surface area (TPSA) is 373 Å². The zero-order chi connectivity index (χ0) is 74.6. The van der Waals surface area contributed by atoms with Crippen LogP contribution in [0.1, 0.15) is 323 Å². The first-order valence-corrected chi connectivity index (χ1v) is 40.7. The number of aliphatic hydroxyl groups excluding tert-OH is 11. The van der Waals surface area contributed by atoms with Gasteiger partial charge in [0.25, 0.3) is 5.79 Å². The minimum absolute atomic E-state index is 0.199. The lowest BCUT2D eigenvalue weighted by molar-refractivity contribution is -0.386. The van der Waals surface area contributed by atoms with Gasteiger partial charge in [-0.25, -0.2) is 4.79 Å². The predicted octanol–water partition coefficient (Wildman–Crippen LogP) is 10.7. The van der Waals surface area contributed by atoms with Crippen LogP contribution in [-0.2, 0) is 42.8 Å². The molecule has 18 atom stereocenters. The van der Waals surface area contributed by atoms with Crippen molar-refractivity contribution in [2.24, 2.45) is 0 Å². The zero-order valence-corrected chi connectivity index (χ0v) is 63.2. The molecule has 23 nitrogen and oxygen atoms in total. The molecule has 23 heteroatoms. The fraction of sp³-hybridized carbons (Fsp3) is 0.911. The summed E-state index contributed by atoms with van der Waals surface area (Å²) in [6.07, 6.45) is 34.9. The van der Waals surface area contributed by atoms with Crippen molar-refractivity contribution in [1.82, 2.24) is 10.6 Å². The van der Waals surface area contributed by atoms with Gasteiger partial charge in [-0.05, 0) is 44.9 Å². The lowest BCUT2D eigenvalue weighted by Gasteiger charge is -2.50. The number of carbonyl (C=O) groups is 3. The summed E-state index contributed by atoms with van der Waals surface area (Å²) in [4.78, 5) is 38.7. The second-order valence-corrected chi connectivity index (χ2v) is 29.6. The van der Waals surface area contributed by atoms with Crippen LogP contribution in [0.4, 0.5) is 0 Å². The summed E-state index contributed by atoms with van der Waals surface area (Å²) in [6.45, 7) is 2.19. The molecular formula is C79H146N2O21. The van der Waals surface area contributed by atoms with Crippen LogP contribution in [0, 0.1) is 0 Å². The van der Waals surface area contributed by atoms with Gasteiger partial charge in [0, 0.05) is 19.8 Å². The highest BCUT2D eigenvalue weighted by Crippen LogP contribution is 2.39. The Morgan fingerprint density at radius 1 is 0.510 bits per heavy atom. The monoisotopic (exact) mass is 1460 g/mol. The maximum atomic E-state index is 13.5. The van der Waals surface area contributed by atoms with E-state index in [0.29, 0.717) is 12.8 Å². The van der Waals surface area contributed by atoms with Gasteiger partial charge in [0.1, 0.15) is 67.1 Å². The quantitative estimate of drug-likeness (QED) is 0.0199. The van der Waals surface area contributed by atoms with Crippen LogP contribution in [0.2, 0.25) is 0 Å². The maximum absolute atomic E-state index is 13.5. The third kappa shape index (κ3) is 38.3. The number of unbranched alkanes of at least 4 members (excludes halogenated alkanes) is 42. The molecule has 102 heavy (non-hydrogen) atoms. The SMILES string of the molecule is CCCCCCCCCCCCCC/C=C\CCCCCCCCCCCC(=O)NC(COC1OC(CO)C(OC2OC(CO)C(O)C(OC3(C(=O)O)CC(O)C(NC(C)=O)C(C(O)C(O)CO)O3)C2O)C(O)C1O)C(O)/C=C/CCCCCCCCCCCCCCCCCCCCCCC. The van der Waals surface area contributed by atoms with Gasteiger partial charge in [-0.3, -0.25) is 9.59 Å². The zero-order valence-electron chi connectivity index (χ0n) is 63.2. The van der Waals surface area contributed by atoms with E-state index in [1.54, 1.807) is 6.08 Å². The molecule has 3 fully saturated rings. The van der Waals surface area contributed by atoms with Gasteiger partial charge in [-0.15, -0.1) is 0 Å². The van der Waals surface area contributed by atoms with Crippen molar-refractivity contribution in [3.63, 3.8) is 0 Å². The number of nitrogens with one attached hydrogen (secondary N) is 2. The maximum Gasteiger partial charge on any atom is 0.364 e. The number of carboxylic acid groups (broad SMARTS) is 1. The van der Waals surface area contributed by atoms with Crippen LogP contribution in [0.5, 0.6) is 0 Å². The fourth-order valence-electron chi connectivity index (χ4n) is 14.2. The summed E-state index contributed by atoms with van der Waals surface area (Å²) >= 11 is 0. The van der Waals surface area contributed by atoms with Crippen LogP contribution >= 0.6 is 0 Å². The number of carbonyl (C=O) groups excluding carboxylic acids is 2. The van der Waals surface area contributed by atoms with Crippen molar-refractivity contribution in [3.05, 3.63) is 24.3 Å². The summed E-state index contributed by atoms with van der Waals surface area (Å²) in [5, 5.41) is 136. The molecule has 14 N–H and O–H groups in total. The molecule has 0 saturated carbocycles. The highest BCUT2D eigenvalue weighted by Gasteiger charge is 2.60. The van der Waals surface area contributed by atoms with E-state index in [0.717, 1.165) is 58.3 Å². The van der Waals surface area contributed by atoms with Gasteiger partial charge >= 0.3 is 5.97 Å². The molecule has 3 aliphatic rings. The molecule has 0 spiro atoms. The van der Waals surface area contributed by atoms with E-state index >= 15 is 0 Å². The first-order valence-electron chi connectivity index (χ1n) is 40.7. The number of allylic oxidation sites excluding steroid dienone is 3. The first kappa shape index (κ1) is 93.4. The lowest BCUT2D eigenvalue weighted by atomic mass is 9.88. The van der Waals surface area contributed by atoms with Crippen molar-refractivity contribution in [2.45, 2.75) is 432 Å². The van der Waals surface area contributed by atoms with Crippen molar-refractivity contribution in [3.8, 4) is 0 Å². The number of hydrogen-bond acceptors (Lipinski definition) is 20. The van der Waals surface area contributed by atoms with E-state index in [9.17, 15) is 75.7 Å². The van der Waals surface area contributed by atoms with Gasteiger partial charge < -0.3 is 100 Å². The Hall–Kier alpha value is -2.79. The Kier molecular flexibility index (Phi) is 53.4. The average Bonchev–Trinajstić information content (AvgIpc) is 0.755. The smallest absolute Gasteiger partial charge is 0.364 e. The van der Waals surface area contributed by atoms with E-state index in [1.807, 2.05) is 6.08 Å². The molecule has 0 aromatic heterocycles. The predicted molar refractivity (Wildman–Crippen MR) is 394 cm³/mol. The average molecular weight is 1460 g/mol. The number of ether oxygens (including phenoxy) is 6. The summed E-state index contributed by atoms with van der Waals surface area (Å²) in [6, 6.07) is -2.62. The summed E-state index contributed by atoms with van der Waals surface area (Å²) in [5.41, 5.74) is 0. The number of carboxylic acids is 1. The molecule has 0 bridgehead atoms. The first-order chi connectivity index (χ1) is 49.4. The summed E-state index contributed by atoms with van der Waals surface area (Å²) in [5.74, 6) is -6.14. The van der Waals surface area contributed by atoms with Crippen LogP contribution in [0.3, 0.4) is 0 Å². The molecule has 0 radical (unpaired) electrons. The van der Waals surface area contributed by atoms with E-state index in [-0.39, 0.29) is 12.3 Å². The second-order valence-electron chi connectivity index (χ2n) is 29.6. The molecule has 0 aromatic carbocycles. The van der Waals surface area contributed by atoms with Crippen LogP contribution in [0.15, 0.2) is 24.3 Å². The number of amides is 2. The summed E-state index contributed by atoms with van der Waals surface area (Å²) < 4.78 is 34.9. The third-order valence-electron chi connectivity index (χ3n) is 20.6. The highest BCUT2D eigenvalue weighted by atomic mass is 16.8. The molecule has 3 heterocycles. The number of aliphatic carboxylic acids is 1. The highest BCUT2D eigenvalue weighted by molar-refractivity contribution is 5.77. The molecular weight excluding hydrogens is 1310 g/mol. The van der Waals surface area contributed by atoms with Gasteiger partial charge in [-0.2, -0.15) is 0 Å². The molecule has 0 aromatic rings. The normalized spacial score (nSPS) is 26.7. The Labute approximate surface area is 613 Å². The van der Waals surface area contributed by atoms with Gasteiger partial charge in [0.2, 0.25) is 11.8 Å². The lowest BCUT2D eigenvalue weighted by Crippen LogP contribution is -2.70. The van der Waals surface area contributed by atoms with Crippen molar-refractivity contribution < 1.29 is 104 Å². The minimum atomic E-state index is -3.08. The molecule has 3 rings (SSSR count). The Morgan fingerprint density at radius 3 is 1.33 bits per heavy atom. The molecule has 3 aliphatic heterocycles. The number of hydrogen-bond donors (Lipinski definition) is 14. The van der Waals surface area contributed by atoms with Gasteiger partial charge in [0.05, 0.1) is 50.7 Å². The molecule has 0 aliphatic carbocycles. The van der Waals surface area contributed by atoms with E-state index in [1.165, 1.54) is 225 Å². The Balaban J connectivity index is 1.53. The second kappa shape index (κ2) is 58.3. The van der Waals surface area contributed by atoms with Crippen LogP contribution < -0.4 is 10.6 Å². The fourth-order valence-corrected chi connectivity index (χ4v) is 14.2. The van der Waals surface area contributed by atoms with E-state index < -0.39 is 155 Å².